The van der Waals surface area contributed by atoms with Crippen LogP contribution in [-0.4, -0.2) is 53.5 Å². The van der Waals surface area contributed by atoms with Crippen LogP contribution in [0.5, 0.6) is 11.5 Å². The standard InChI is InChI=1S/C35H36N2O4/c38-26-10-7-24(8-11-26)23-5-3-21(4-6-23)15-17-36-34(40)27-12-9-25-19-29-28-13-14-30(39)33-35(28,31(25)32(27)41-33)16-18-37(29)20-22-1-2-22/h3-12,22,28-29,33,38H,1-2,13-20H2,(H,36,40)/t28-,29+,33-,35-/m0/s1. The van der Waals surface area contributed by atoms with Crippen molar-refractivity contribution in [2.75, 3.05) is 19.6 Å². The van der Waals surface area contributed by atoms with Crippen LogP contribution in [0.15, 0.2) is 60.7 Å². The molecule has 1 saturated heterocycles. The van der Waals surface area contributed by atoms with Crippen molar-refractivity contribution in [2.45, 2.75) is 62.5 Å². The number of hydrogen-bond acceptors (Lipinski definition) is 5. The number of benzene rings is 3. The summed E-state index contributed by atoms with van der Waals surface area (Å²) in [5.74, 6) is 2.29. The van der Waals surface area contributed by atoms with Gasteiger partial charge in [-0.25, -0.2) is 0 Å². The molecule has 2 heterocycles. The fourth-order valence-electron chi connectivity index (χ4n) is 8.39. The van der Waals surface area contributed by atoms with Gasteiger partial charge in [-0.1, -0.05) is 42.5 Å². The smallest absolute Gasteiger partial charge is 0.255 e. The van der Waals surface area contributed by atoms with Gasteiger partial charge in [-0.15, -0.1) is 0 Å². The van der Waals surface area contributed by atoms with Crippen LogP contribution < -0.4 is 10.1 Å². The zero-order valence-electron chi connectivity index (χ0n) is 23.3. The van der Waals surface area contributed by atoms with Gasteiger partial charge >= 0.3 is 0 Å². The number of carbonyl (C=O) groups excluding carboxylic acids is 2. The van der Waals surface area contributed by atoms with Crippen molar-refractivity contribution < 1.29 is 19.4 Å². The van der Waals surface area contributed by atoms with Gasteiger partial charge in [0.25, 0.3) is 5.91 Å². The normalized spacial score (nSPS) is 27.7. The molecule has 1 spiro atoms. The SMILES string of the molecule is O=C(NCCc1ccc(-c2ccc(O)cc2)cc1)c1ccc2c3c1O[C@H]1C(=O)CC[C@H]4[C@@H](C2)N(CC2CC2)CC[C@]314. The zero-order valence-corrected chi connectivity index (χ0v) is 23.3. The highest BCUT2D eigenvalue weighted by molar-refractivity contribution is 5.99. The average Bonchev–Trinajstić information content (AvgIpc) is 3.74. The van der Waals surface area contributed by atoms with Gasteiger partial charge in [-0.2, -0.15) is 0 Å². The molecule has 1 amide bonds. The van der Waals surface area contributed by atoms with E-state index < -0.39 is 6.10 Å². The topological polar surface area (TPSA) is 78.9 Å². The van der Waals surface area contributed by atoms with E-state index in [0.29, 0.717) is 42.7 Å². The highest BCUT2D eigenvalue weighted by atomic mass is 16.5. The molecule has 4 atom stereocenters. The number of piperidine rings is 1. The van der Waals surface area contributed by atoms with E-state index in [0.717, 1.165) is 48.4 Å². The Morgan fingerprint density at radius 3 is 2.51 bits per heavy atom. The van der Waals surface area contributed by atoms with E-state index >= 15 is 0 Å². The number of Topliss-reactive ketones (excluding diaryl/α,β-unsaturated/α-hetero) is 1. The molecule has 2 bridgehead atoms. The number of rotatable bonds is 7. The average molecular weight is 549 g/mol. The number of phenolic OH excluding ortho intramolecular Hbond substituents is 1. The third-order valence-corrected chi connectivity index (χ3v) is 10.5. The molecule has 2 aliphatic heterocycles. The predicted octanol–water partition coefficient (Wildman–Crippen LogP) is 5.05. The lowest BCUT2D eigenvalue weighted by molar-refractivity contribution is -0.138. The number of hydrogen-bond donors (Lipinski definition) is 2. The molecule has 41 heavy (non-hydrogen) atoms. The third-order valence-electron chi connectivity index (χ3n) is 10.5. The molecule has 6 nitrogen and oxygen atoms in total. The molecule has 210 valence electrons. The Hall–Kier alpha value is -3.64. The molecule has 0 radical (unpaired) electrons. The van der Waals surface area contributed by atoms with E-state index in [1.165, 1.54) is 30.5 Å². The first kappa shape index (κ1) is 25.1. The van der Waals surface area contributed by atoms with Crippen molar-refractivity contribution >= 4 is 11.7 Å². The maximum absolute atomic E-state index is 13.5. The van der Waals surface area contributed by atoms with Crippen molar-refractivity contribution in [1.82, 2.24) is 10.2 Å². The molecule has 3 aromatic rings. The molecule has 5 aliphatic rings. The quantitative estimate of drug-likeness (QED) is 0.432. The molecule has 8 rings (SSSR count). The molecule has 3 aliphatic carbocycles. The summed E-state index contributed by atoms with van der Waals surface area (Å²) < 4.78 is 6.55. The maximum atomic E-state index is 13.5. The van der Waals surface area contributed by atoms with E-state index in [2.05, 4.69) is 40.5 Å². The van der Waals surface area contributed by atoms with Gasteiger partial charge in [0.05, 0.1) is 5.56 Å². The van der Waals surface area contributed by atoms with Crippen LogP contribution in [0.3, 0.4) is 0 Å². The Morgan fingerprint density at radius 2 is 1.76 bits per heavy atom. The number of amides is 1. The number of nitrogens with zero attached hydrogens (tertiary/aromatic N) is 1. The monoisotopic (exact) mass is 548 g/mol. The highest BCUT2D eigenvalue weighted by Gasteiger charge is 2.66. The minimum absolute atomic E-state index is 0.129. The number of carbonyl (C=O) groups is 2. The molecular formula is C35H36N2O4. The summed E-state index contributed by atoms with van der Waals surface area (Å²) in [6.07, 6.45) is 6.44. The zero-order chi connectivity index (χ0) is 27.7. The lowest BCUT2D eigenvalue weighted by Crippen LogP contribution is -2.66. The second-order valence-electron chi connectivity index (χ2n) is 12.8. The number of likely N-dealkylation sites (tertiary alicyclic amines) is 1. The van der Waals surface area contributed by atoms with E-state index in [1.54, 1.807) is 12.1 Å². The number of phenols is 1. The van der Waals surface area contributed by atoms with Crippen LogP contribution in [-0.2, 0) is 23.1 Å². The van der Waals surface area contributed by atoms with E-state index in [1.807, 2.05) is 18.2 Å². The summed E-state index contributed by atoms with van der Waals surface area (Å²) in [6, 6.07) is 20.0. The lowest BCUT2D eigenvalue weighted by atomic mass is 9.51. The second kappa shape index (κ2) is 9.45. The van der Waals surface area contributed by atoms with E-state index in [4.69, 9.17) is 4.74 Å². The Bertz CT molecular complexity index is 1530. The summed E-state index contributed by atoms with van der Waals surface area (Å²) in [7, 11) is 0. The fourth-order valence-corrected chi connectivity index (χ4v) is 8.39. The summed E-state index contributed by atoms with van der Waals surface area (Å²) in [5, 5.41) is 12.7. The maximum Gasteiger partial charge on any atom is 0.255 e. The van der Waals surface area contributed by atoms with E-state index in [9.17, 15) is 14.7 Å². The van der Waals surface area contributed by atoms with Crippen LogP contribution in [0.1, 0.15) is 59.2 Å². The first-order valence-electron chi connectivity index (χ1n) is 15.3. The van der Waals surface area contributed by atoms with Crippen LogP contribution in [0.4, 0.5) is 0 Å². The minimum atomic E-state index is -0.443. The highest BCUT2D eigenvalue weighted by Crippen LogP contribution is 2.62. The van der Waals surface area contributed by atoms with Crippen LogP contribution in [0.2, 0.25) is 0 Å². The summed E-state index contributed by atoms with van der Waals surface area (Å²) >= 11 is 0. The van der Waals surface area contributed by atoms with Gasteiger partial charge in [-0.3, -0.25) is 14.5 Å². The molecule has 0 aromatic heterocycles. The van der Waals surface area contributed by atoms with Crippen LogP contribution >= 0.6 is 0 Å². The predicted molar refractivity (Wildman–Crippen MR) is 156 cm³/mol. The second-order valence-corrected chi connectivity index (χ2v) is 12.8. The number of ether oxygens (including phenoxy) is 1. The summed E-state index contributed by atoms with van der Waals surface area (Å²) in [5.41, 5.74) is 6.04. The molecule has 6 heteroatoms. The van der Waals surface area contributed by atoms with Gasteiger partial charge in [-0.05, 0) is 97.4 Å². The van der Waals surface area contributed by atoms with Crippen molar-refractivity contribution in [3.05, 3.63) is 82.9 Å². The van der Waals surface area contributed by atoms with Crippen molar-refractivity contribution in [1.29, 1.82) is 0 Å². The molecule has 0 unspecified atom stereocenters. The molecule has 2 saturated carbocycles. The third kappa shape index (κ3) is 4.02. The summed E-state index contributed by atoms with van der Waals surface area (Å²) in [6.45, 7) is 2.73. The Morgan fingerprint density at radius 1 is 1.00 bits per heavy atom. The number of ketones is 1. The first-order valence-corrected chi connectivity index (χ1v) is 15.3. The van der Waals surface area contributed by atoms with Gasteiger partial charge in [0.15, 0.2) is 11.9 Å². The van der Waals surface area contributed by atoms with Crippen molar-refractivity contribution in [3.63, 3.8) is 0 Å². The Kier molecular flexibility index (Phi) is 5.79. The number of nitrogens with one attached hydrogen (secondary N) is 1. The number of aromatic hydroxyl groups is 1. The molecule has 3 aromatic carbocycles. The van der Waals surface area contributed by atoms with Gasteiger partial charge in [0, 0.05) is 36.5 Å². The molecule has 2 N–H and O–H groups in total. The van der Waals surface area contributed by atoms with Gasteiger partial charge in [0.2, 0.25) is 0 Å². The summed E-state index contributed by atoms with van der Waals surface area (Å²) in [4.78, 5) is 29.5. The Balaban J connectivity index is 1.01. The van der Waals surface area contributed by atoms with E-state index in [-0.39, 0.29) is 22.9 Å². The van der Waals surface area contributed by atoms with Gasteiger partial charge < -0.3 is 15.2 Å². The minimum Gasteiger partial charge on any atom is -0.508 e. The van der Waals surface area contributed by atoms with Crippen molar-refractivity contribution in [3.8, 4) is 22.6 Å². The van der Waals surface area contributed by atoms with Crippen LogP contribution in [0.25, 0.3) is 11.1 Å². The lowest BCUT2D eigenvalue weighted by Gasteiger charge is -2.57. The molecule has 3 fully saturated rings. The largest absolute Gasteiger partial charge is 0.508 e. The van der Waals surface area contributed by atoms with Crippen LogP contribution in [0, 0.1) is 11.8 Å². The molecular weight excluding hydrogens is 512 g/mol. The van der Waals surface area contributed by atoms with Gasteiger partial charge in [0.1, 0.15) is 11.5 Å². The van der Waals surface area contributed by atoms with Crippen molar-refractivity contribution in [2.24, 2.45) is 11.8 Å². The fraction of sp³-hybridized carbons (Fsp3) is 0.429. The Labute approximate surface area is 240 Å². The first-order chi connectivity index (χ1) is 20.0.